The number of anilines is 1. The van der Waals surface area contributed by atoms with Crippen molar-refractivity contribution in [3.05, 3.63) is 100 Å². The van der Waals surface area contributed by atoms with Gasteiger partial charge in [-0.1, -0.05) is 67.4 Å². The summed E-state index contributed by atoms with van der Waals surface area (Å²) in [6.07, 6.45) is 0.826. The molecule has 0 aliphatic carbocycles. The highest BCUT2D eigenvalue weighted by molar-refractivity contribution is 6.06. The van der Waals surface area contributed by atoms with E-state index in [1.807, 2.05) is 32.0 Å². The second-order valence-corrected chi connectivity index (χ2v) is 9.66. The quantitative estimate of drug-likeness (QED) is 0.323. The molecular weight excluding hydrogens is 452 g/mol. The molecule has 6 nitrogen and oxygen atoms in total. The Morgan fingerprint density at radius 3 is 2.14 bits per heavy atom. The molecule has 0 aliphatic rings. The zero-order chi connectivity index (χ0) is 26.2. The average molecular weight is 487 g/mol. The number of aliphatic carboxylic acids is 1. The van der Waals surface area contributed by atoms with Crippen LogP contribution in [0, 0.1) is 19.8 Å². The molecule has 36 heavy (non-hydrogen) atoms. The summed E-state index contributed by atoms with van der Waals surface area (Å²) < 4.78 is 0. The van der Waals surface area contributed by atoms with Gasteiger partial charge in [0.2, 0.25) is 0 Å². The van der Waals surface area contributed by atoms with Gasteiger partial charge in [-0.25, -0.2) is 0 Å². The van der Waals surface area contributed by atoms with Gasteiger partial charge in [0.25, 0.3) is 11.8 Å². The first kappa shape index (κ1) is 26.7. The Bertz CT molecular complexity index is 1210. The largest absolute Gasteiger partial charge is 0.481 e. The molecule has 0 spiro atoms. The molecule has 2 amide bonds. The Morgan fingerprint density at radius 2 is 1.53 bits per heavy atom. The predicted molar refractivity (Wildman–Crippen MR) is 142 cm³/mol. The van der Waals surface area contributed by atoms with Crippen LogP contribution in [-0.4, -0.2) is 22.9 Å². The molecule has 1 unspecified atom stereocenters. The van der Waals surface area contributed by atoms with Gasteiger partial charge in [-0.05, 0) is 68.0 Å². The van der Waals surface area contributed by atoms with Crippen molar-refractivity contribution in [2.24, 2.45) is 5.92 Å². The monoisotopic (exact) mass is 486 g/mol. The molecule has 0 saturated carbocycles. The molecule has 0 saturated heterocycles. The summed E-state index contributed by atoms with van der Waals surface area (Å²) in [5, 5.41) is 15.2. The first-order valence-corrected chi connectivity index (χ1v) is 12.2. The molecule has 3 aromatic carbocycles. The van der Waals surface area contributed by atoms with Crippen LogP contribution in [0.2, 0.25) is 0 Å². The van der Waals surface area contributed by atoms with Gasteiger partial charge in [0.15, 0.2) is 0 Å². The van der Waals surface area contributed by atoms with Crippen LogP contribution < -0.4 is 10.6 Å². The third-order valence-corrected chi connectivity index (χ3v) is 5.92. The smallest absolute Gasteiger partial charge is 0.303 e. The van der Waals surface area contributed by atoms with Crippen LogP contribution in [0.1, 0.15) is 75.7 Å². The molecule has 1 atom stereocenters. The standard InChI is InChI=1S/C30H34N2O4/c1-19(2)14-27(24-16-20(3)15-21(4)17-24)32-30(36)26-18-23(11-10-22(26)12-13-28(33)34)29(35)31-25-8-6-5-7-9-25/h5-11,15-19,27H,12-14H2,1-4H3,(H,31,35)(H,32,36)(H,33,34). The van der Waals surface area contributed by atoms with Crippen molar-refractivity contribution >= 4 is 23.5 Å². The van der Waals surface area contributed by atoms with E-state index in [9.17, 15) is 19.5 Å². The van der Waals surface area contributed by atoms with Crippen LogP contribution in [0.3, 0.4) is 0 Å². The van der Waals surface area contributed by atoms with E-state index in [0.717, 1.165) is 23.1 Å². The minimum absolute atomic E-state index is 0.109. The van der Waals surface area contributed by atoms with Crippen LogP contribution in [0.4, 0.5) is 5.69 Å². The minimum Gasteiger partial charge on any atom is -0.481 e. The first-order valence-electron chi connectivity index (χ1n) is 12.2. The second-order valence-electron chi connectivity index (χ2n) is 9.66. The summed E-state index contributed by atoms with van der Waals surface area (Å²) in [5.41, 5.74) is 5.15. The Kier molecular flexibility index (Phi) is 9.01. The lowest BCUT2D eigenvalue weighted by Gasteiger charge is -2.23. The lowest BCUT2D eigenvalue weighted by molar-refractivity contribution is -0.136. The molecule has 3 rings (SSSR count). The summed E-state index contributed by atoms with van der Waals surface area (Å²) in [5.74, 6) is -1.27. The first-order chi connectivity index (χ1) is 17.1. The number of para-hydroxylation sites is 1. The number of aryl methyl sites for hydroxylation is 3. The Morgan fingerprint density at radius 1 is 0.861 bits per heavy atom. The van der Waals surface area contributed by atoms with Crippen molar-refractivity contribution in [2.45, 2.75) is 53.0 Å². The van der Waals surface area contributed by atoms with E-state index in [1.165, 1.54) is 0 Å². The van der Waals surface area contributed by atoms with Gasteiger partial charge in [-0.2, -0.15) is 0 Å². The maximum absolute atomic E-state index is 13.6. The third-order valence-electron chi connectivity index (χ3n) is 5.92. The molecule has 0 heterocycles. The number of rotatable bonds is 10. The van der Waals surface area contributed by atoms with Gasteiger partial charge in [0.1, 0.15) is 0 Å². The van der Waals surface area contributed by atoms with E-state index in [4.69, 9.17) is 0 Å². The SMILES string of the molecule is Cc1cc(C)cc(C(CC(C)C)NC(=O)c2cc(C(=O)Nc3ccccc3)ccc2CCC(=O)O)c1. The lowest BCUT2D eigenvalue weighted by Crippen LogP contribution is -2.31. The number of carbonyl (C=O) groups excluding carboxylic acids is 2. The van der Waals surface area contributed by atoms with Crippen molar-refractivity contribution < 1.29 is 19.5 Å². The highest BCUT2D eigenvalue weighted by Crippen LogP contribution is 2.25. The second kappa shape index (κ2) is 12.2. The fourth-order valence-corrected chi connectivity index (χ4v) is 4.31. The number of nitrogens with one attached hydrogen (secondary N) is 2. The van der Waals surface area contributed by atoms with Crippen LogP contribution in [0.5, 0.6) is 0 Å². The van der Waals surface area contributed by atoms with Crippen LogP contribution in [0.25, 0.3) is 0 Å². The van der Waals surface area contributed by atoms with E-state index in [0.29, 0.717) is 28.3 Å². The van der Waals surface area contributed by atoms with Gasteiger partial charge in [0.05, 0.1) is 6.04 Å². The topological polar surface area (TPSA) is 95.5 Å². The Balaban J connectivity index is 1.93. The van der Waals surface area contributed by atoms with Gasteiger partial charge < -0.3 is 15.7 Å². The van der Waals surface area contributed by atoms with Gasteiger partial charge >= 0.3 is 5.97 Å². The van der Waals surface area contributed by atoms with Crippen molar-refractivity contribution in [2.75, 3.05) is 5.32 Å². The maximum Gasteiger partial charge on any atom is 0.303 e. The summed E-state index contributed by atoms with van der Waals surface area (Å²) in [6, 6.07) is 20.0. The van der Waals surface area contributed by atoms with E-state index in [2.05, 4.69) is 42.7 Å². The maximum atomic E-state index is 13.6. The van der Waals surface area contributed by atoms with Crippen molar-refractivity contribution in [3.63, 3.8) is 0 Å². The highest BCUT2D eigenvalue weighted by Gasteiger charge is 2.21. The van der Waals surface area contributed by atoms with Gasteiger partial charge in [-0.3, -0.25) is 14.4 Å². The van der Waals surface area contributed by atoms with Crippen LogP contribution in [-0.2, 0) is 11.2 Å². The number of benzene rings is 3. The normalized spacial score (nSPS) is 11.7. The number of carbonyl (C=O) groups is 3. The van der Waals surface area contributed by atoms with Crippen molar-refractivity contribution in [1.29, 1.82) is 0 Å². The van der Waals surface area contributed by atoms with E-state index in [-0.39, 0.29) is 30.7 Å². The Labute approximate surface area is 212 Å². The zero-order valence-corrected chi connectivity index (χ0v) is 21.3. The van der Waals surface area contributed by atoms with Crippen molar-refractivity contribution in [3.8, 4) is 0 Å². The fraction of sp³-hybridized carbons (Fsp3) is 0.300. The number of hydrogen-bond donors (Lipinski definition) is 3. The molecule has 3 aromatic rings. The summed E-state index contributed by atoms with van der Waals surface area (Å²) >= 11 is 0. The molecule has 188 valence electrons. The molecule has 6 heteroatoms. The van der Waals surface area contributed by atoms with E-state index in [1.54, 1.807) is 30.3 Å². The molecule has 3 N–H and O–H groups in total. The molecule has 0 fully saturated rings. The molecular formula is C30H34N2O4. The van der Waals surface area contributed by atoms with Gasteiger partial charge in [0, 0.05) is 23.2 Å². The fourth-order valence-electron chi connectivity index (χ4n) is 4.31. The summed E-state index contributed by atoms with van der Waals surface area (Å²) in [4.78, 5) is 37.7. The number of carboxylic acid groups (broad SMARTS) is 1. The van der Waals surface area contributed by atoms with Crippen LogP contribution >= 0.6 is 0 Å². The predicted octanol–water partition coefficient (Wildman–Crippen LogP) is 6.09. The van der Waals surface area contributed by atoms with Crippen molar-refractivity contribution in [1.82, 2.24) is 5.32 Å². The minimum atomic E-state index is -0.944. The number of carboxylic acids is 1. The zero-order valence-electron chi connectivity index (χ0n) is 21.3. The van der Waals surface area contributed by atoms with Gasteiger partial charge in [-0.15, -0.1) is 0 Å². The van der Waals surface area contributed by atoms with E-state index < -0.39 is 5.97 Å². The number of amides is 2. The highest BCUT2D eigenvalue weighted by atomic mass is 16.4. The molecule has 0 bridgehead atoms. The third kappa shape index (κ3) is 7.54. The van der Waals surface area contributed by atoms with Crippen LogP contribution in [0.15, 0.2) is 66.7 Å². The summed E-state index contributed by atoms with van der Waals surface area (Å²) in [7, 11) is 0. The summed E-state index contributed by atoms with van der Waals surface area (Å²) in [6.45, 7) is 8.27. The Hall–Kier alpha value is -3.93. The number of hydrogen-bond acceptors (Lipinski definition) is 3. The average Bonchev–Trinajstić information content (AvgIpc) is 2.81. The molecule has 0 aliphatic heterocycles. The van der Waals surface area contributed by atoms with E-state index >= 15 is 0 Å². The molecule has 0 radical (unpaired) electrons. The molecule has 0 aromatic heterocycles. The lowest BCUT2D eigenvalue weighted by atomic mass is 9.93.